The number of carbonyl (C=O) groups excluding carboxylic acids is 3. The molecule has 29 heavy (non-hydrogen) atoms. The molecule has 1 aliphatic heterocycles. The van der Waals surface area contributed by atoms with Gasteiger partial charge in [-0.05, 0) is 12.5 Å². The number of ether oxygens (including phenoxy) is 1. The Morgan fingerprint density at radius 1 is 1.00 bits per heavy atom. The zero-order chi connectivity index (χ0) is 21.0. The Hall–Kier alpha value is -3.00. The van der Waals surface area contributed by atoms with E-state index in [4.69, 9.17) is 4.74 Å². The second-order valence-corrected chi connectivity index (χ2v) is 9.11. The number of amides is 1. The molecule has 1 heterocycles. The molecule has 2 aromatic rings. The normalized spacial score (nSPS) is 17.5. The average molecular weight is 415 g/mol. The monoisotopic (exact) mass is 415 g/mol. The number of likely N-dealkylation sites (N-methyl/N-ethyl adjacent to an activating group) is 1. The Balaban J connectivity index is 1.67. The minimum atomic E-state index is -3.13. The second kappa shape index (κ2) is 8.57. The third-order valence-electron chi connectivity index (χ3n) is 4.90. The Morgan fingerprint density at radius 3 is 2.24 bits per heavy atom. The van der Waals surface area contributed by atoms with Gasteiger partial charge in [-0.3, -0.25) is 9.59 Å². The number of sulfone groups is 1. The summed E-state index contributed by atoms with van der Waals surface area (Å²) in [7, 11) is -1.63. The van der Waals surface area contributed by atoms with Gasteiger partial charge < -0.3 is 9.64 Å². The maximum absolute atomic E-state index is 12.7. The van der Waals surface area contributed by atoms with E-state index in [0.717, 1.165) is 0 Å². The number of hydrogen-bond acceptors (Lipinski definition) is 6. The number of carbonyl (C=O) groups is 3. The van der Waals surface area contributed by atoms with Gasteiger partial charge in [-0.15, -0.1) is 0 Å². The molecule has 0 bridgehead atoms. The standard InChI is InChI=1S/C21H21NO6S/c1-22(16-11-12-29(26,27)14-16)19(23)13-28-21(25)18-10-6-5-9-17(18)20(24)15-7-3-2-4-8-15/h2-10,16H,11-14H2,1H3/t16-/m1/s1. The van der Waals surface area contributed by atoms with Gasteiger partial charge in [-0.2, -0.15) is 0 Å². The van der Waals surface area contributed by atoms with Gasteiger partial charge >= 0.3 is 5.97 Å². The molecule has 0 aromatic heterocycles. The lowest BCUT2D eigenvalue weighted by molar-refractivity contribution is -0.134. The van der Waals surface area contributed by atoms with Crippen molar-refractivity contribution in [3.05, 3.63) is 71.3 Å². The first-order chi connectivity index (χ1) is 13.8. The van der Waals surface area contributed by atoms with Crippen LogP contribution in [0, 0.1) is 0 Å². The van der Waals surface area contributed by atoms with Crippen LogP contribution in [0.1, 0.15) is 32.7 Å². The van der Waals surface area contributed by atoms with E-state index in [0.29, 0.717) is 12.0 Å². The predicted octanol–water partition coefficient (Wildman–Crippen LogP) is 1.72. The van der Waals surface area contributed by atoms with Crippen LogP contribution in [0.3, 0.4) is 0 Å². The van der Waals surface area contributed by atoms with Crippen molar-refractivity contribution in [2.75, 3.05) is 25.2 Å². The third-order valence-corrected chi connectivity index (χ3v) is 6.65. The van der Waals surface area contributed by atoms with Gasteiger partial charge in [0.25, 0.3) is 5.91 Å². The molecular weight excluding hydrogens is 394 g/mol. The SMILES string of the molecule is CN(C(=O)COC(=O)c1ccccc1C(=O)c1ccccc1)[C@@H]1CCS(=O)(=O)C1. The summed E-state index contributed by atoms with van der Waals surface area (Å²) < 4.78 is 28.3. The molecule has 1 aliphatic rings. The van der Waals surface area contributed by atoms with E-state index in [9.17, 15) is 22.8 Å². The highest BCUT2D eigenvalue weighted by molar-refractivity contribution is 7.91. The highest BCUT2D eigenvalue weighted by atomic mass is 32.2. The van der Waals surface area contributed by atoms with Crippen molar-refractivity contribution in [1.29, 1.82) is 0 Å². The van der Waals surface area contributed by atoms with E-state index in [1.165, 1.54) is 24.1 Å². The fourth-order valence-electron chi connectivity index (χ4n) is 3.20. The molecule has 152 valence electrons. The van der Waals surface area contributed by atoms with Crippen LogP contribution in [-0.4, -0.2) is 62.2 Å². The molecule has 0 radical (unpaired) electrons. The topological polar surface area (TPSA) is 97.8 Å². The molecule has 0 spiro atoms. The molecule has 0 aliphatic carbocycles. The summed E-state index contributed by atoms with van der Waals surface area (Å²) in [6.07, 6.45) is 0.368. The van der Waals surface area contributed by atoms with Gasteiger partial charge in [-0.1, -0.05) is 48.5 Å². The van der Waals surface area contributed by atoms with E-state index in [1.807, 2.05) is 0 Å². The molecule has 7 nitrogen and oxygen atoms in total. The first-order valence-corrected chi connectivity index (χ1v) is 10.9. The summed E-state index contributed by atoms with van der Waals surface area (Å²) in [5.41, 5.74) is 0.692. The van der Waals surface area contributed by atoms with Crippen molar-refractivity contribution < 1.29 is 27.5 Å². The molecule has 3 rings (SSSR count). The molecule has 8 heteroatoms. The average Bonchev–Trinajstić information content (AvgIpc) is 3.10. The van der Waals surface area contributed by atoms with Crippen LogP contribution in [0.4, 0.5) is 0 Å². The molecule has 0 N–H and O–H groups in total. The van der Waals surface area contributed by atoms with E-state index in [2.05, 4.69) is 0 Å². The van der Waals surface area contributed by atoms with E-state index < -0.39 is 34.4 Å². The zero-order valence-electron chi connectivity index (χ0n) is 15.9. The molecule has 1 saturated heterocycles. The maximum Gasteiger partial charge on any atom is 0.339 e. The summed E-state index contributed by atoms with van der Waals surface area (Å²) in [5.74, 6) is -1.64. The van der Waals surface area contributed by atoms with Crippen molar-refractivity contribution in [2.24, 2.45) is 0 Å². The van der Waals surface area contributed by atoms with E-state index in [1.54, 1.807) is 42.5 Å². The Bertz CT molecular complexity index is 1030. The number of esters is 1. The first-order valence-electron chi connectivity index (χ1n) is 9.10. The van der Waals surface area contributed by atoms with Crippen molar-refractivity contribution in [3.63, 3.8) is 0 Å². The van der Waals surface area contributed by atoms with Crippen LogP contribution < -0.4 is 0 Å². The van der Waals surface area contributed by atoms with Gasteiger partial charge in [0, 0.05) is 24.2 Å². The number of benzene rings is 2. The maximum atomic E-state index is 12.7. The van der Waals surface area contributed by atoms with Crippen LogP contribution in [0.5, 0.6) is 0 Å². The fraction of sp³-hybridized carbons (Fsp3) is 0.286. The fourth-order valence-corrected chi connectivity index (χ4v) is 4.97. The number of hydrogen-bond donors (Lipinski definition) is 0. The highest BCUT2D eigenvalue weighted by Crippen LogP contribution is 2.18. The van der Waals surface area contributed by atoms with Crippen LogP contribution in [-0.2, 0) is 19.4 Å². The predicted molar refractivity (Wildman–Crippen MR) is 106 cm³/mol. The van der Waals surface area contributed by atoms with Gasteiger partial charge in [0.15, 0.2) is 22.2 Å². The van der Waals surface area contributed by atoms with E-state index >= 15 is 0 Å². The Kier molecular flexibility index (Phi) is 6.12. The Labute approximate surface area is 169 Å². The lowest BCUT2D eigenvalue weighted by Crippen LogP contribution is -2.40. The van der Waals surface area contributed by atoms with Gasteiger partial charge in [0.1, 0.15) is 0 Å². The number of nitrogens with zero attached hydrogens (tertiary/aromatic N) is 1. The summed E-state index contributed by atoms with van der Waals surface area (Å²) in [5, 5.41) is 0. The second-order valence-electron chi connectivity index (χ2n) is 6.88. The van der Waals surface area contributed by atoms with Crippen molar-refractivity contribution >= 4 is 27.5 Å². The van der Waals surface area contributed by atoms with Crippen molar-refractivity contribution in [1.82, 2.24) is 4.90 Å². The van der Waals surface area contributed by atoms with Gasteiger partial charge in [0.05, 0.1) is 17.1 Å². The largest absolute Gasteiger partial charge is 0.452 e. The van der Waals surface area contributed by atoms with Crippen LogP contribution in [0.2, 0.25) is 0 Å². The molecular formula is C21H21NO6S. The summed E-state index contributed by atoms with van der Waals surface area (Å²) in [6, 6.07) is 14.4. The van der Waals surface area contributed by atoms with E-state index in [-0.39, 0.29) is 28.4 Å². The number of rotatable bonds is 6. The molecule has 0 unspecified atom stereocenters. The van der Waals surface area contributed by atoms with Gasteiger partial charge in [-0.25, -0.2) is 13.2 Å². The molecule has 1 atom stereocenters. The number of ketones is 1. The summed E-state index contributed by atoms with van der Waals surface area (Å²) in [6.45, 7) is -0.528. The highest BCUT2D eigenvalue weighted by Gasteiger charge is 2.33. The lowest BCUT2D eigenvalue weighted by atomic mass is 9.98. The quantitative estimate of drug-likeness (QED) is 0.526. The molecule has 1 fully saturated rings. The Morgan fingerprint density at radius 2 is 1.62 bits per heavy atom. The third kappa shape index (κ3) is 4.89. The van der Waals surface area contributed by atoms with Crippen molar-refractivity contribution in [2.45, 2.75) is 12.5 Å². The van der Waals surface area contributed by atoms with Crippen LogP contribution >= 0.6 is 0 Å². The van der Waals surface area contributed by atoms with Crippen molar-refractivity contribution in [3.8, 4) is 0 Å². The summed E-state index contributed by atoms with van der Waals surface area (Å²) in [4.78, 5) is 38.8. The van der Waals surface area contributed by atoms with Crippen LogP contribution in [0.25, 0.3) is 0 Å². The zero-order valence-corrected chi connectivity index (χ0v) is 16.7. The molecule has 1 amide bonds. The summed E-state index contributed by atoms with van der Waals surface area (Å²) >= 11 is 0. The minimum absolute atomic E-state index is 0.0457. The first kappa shape index (κ1) is 20.7. The molecule has 0 saturated carbocycles. The minimum Gasteiger partial charge on any atom is -0.452 e. The van der Waals surface area contributed by atoms with Gasteiger partial charge in [0.2, 0.25) is 0 Å². The lowest BCUT2D eigenvalue weighted by Gasteiger charge is -2.23. The smallest absolute Gasteiger partial charge is 0.339 e. The van der Waals surface area contributed by atoms with Crippen LogP contribution in [0.15, 0.2) is 54.6 Å². The molecule has 2 aromatic carbocycles.